The van der Waals surface area contributed by atoms with Gasteiger partial charge in [0.15, 0.2) is 5.82 Å². The van der Waals surface area contributed by atoms with Crippen LogP contribution in [0.3, 0.4) is 0 Å². The summed E-state index contributed by atoms with van der Waals surface area (Å²) < 4.78 is 27.1. The Balaban J connectivity index is 2.00. The number of carboxylic acids is 1. The lowest BCUT2D eigenvalue weighted by molar-refractivity contribution is 0.0697. The summed E-state index contributed by atoms with van der Waals surface area (Å²) in [4.78, 5) is 15.1. The van der Waals surface area contributed by atoms with Gasteiger partial charge >= 0.3 is 5.97 Å². The first-order valence-corrected chi connectivity index (χ1v) is 11.3. The number of benzene rings is 3. The molecule has 188 valence electrons. The molecule has 3 aromatic rings. The molecule has 36 heavy (non-hydrogen) atoms. The quantitative estimate of drug-likeness (QED) is 0.308. The SMILES string of the molecule is COc1cc(N2c3cc(C=N)c(N)c(F)c3N(c3ccc(C(=O)O)cc3)CC2(C)C)cc(OC)c1C. The number of carbonyl (C=O) groups is 1. The van der Waals surface area contributed by atoms with Crippen LogP contribution in [-0.2, 0) is 0 Å². The van der Waals surface area contributed by atoms with E-state index in [0.717, 1.165) is 17.5 Å². The van der Waals surface area contributed by atoms with E-state index >= 15 is 4.39 Å². The van der Waals surface area contributed by atoms with Crippen LogP contribution < -0.4 is 25.0 Å². The van der Waals surface area contributed by atoms with Crippen LogP contribution in [0.1, 0.15) is 35.3 Å². The molecular weight excluding hydrogens is 463 g/mol. The molecule has 0 saturated heterocycles. The van der Waals surface area contributed by atoms with Crippen LogP contribution in [-0.4, -0.2) is 43.6 Å². The number of nitrogens with two attached hydrogens (primary N) is 1. The first-order chi connectivity index (χ1) is 17.0. The number of hydrogen-bond donors (Lipinski definition) is 3. The number of nitrogen functional groups attached to an aromatic ring is 1. The Labute approximate surface area is 209 Å². The summed E-state index contributed by atoms with van der Waals surface area (Å²) in [6, 6.07) is 11.7. The predicted molar refractivity (Wildman–Crippen MR) is 140 cm³/mol. The van der Waals surface area contributed by atoms with Gasteiger partial charge in [0.25, 0.3) is 0 Å². The molecule has 0 bridgehead atoms. The fraction of sp³-hybridized carbons (Fsp3) is 0.259. The van der Waals surface area contributed by atoms with Gasteiger partial charge in [-0.15, -0.1) is 0 Å². The number of hydrogen-bond acceptors (Lipinski definition) is 7. The summed E-state index contributed by atoms with van der Waals surface area (Å²) in [5.41, 5.74) is 8.68. The lowest BCUT2D eigenvalue weighted by atomic mass is 9.92. The van der Waals surface area contributed by atoms with Gasteiger partial charge in [-0.3, -0.25) is 0 Å². The number of aromatic carboxylic acids is 1. The molecule has 0 radical (unpaired) electrons. The minimum absolute atomic E-state index is 0.130. The van der Waals surface area contributed by atoms with Gasteiger partial charge in [-0.1, -0.05) is 0 Å². The number of nitrogens with one attached hydrogen (secondary N) is 1. The van der Waals surface area contributed by atoms with Crippen LogP contribution in [0.15, 0.2) is 42.5 Å². The zero-order valence-electron chi connectivity index (χ0n) is 20.8. The molecule has 1 aliphatic heterocycles. The minimum atomic E-state index is -1.04. The first-order valence-electron chi connectivity index (χ1n) is 11.3. The molecule has 1 aliphatic rings. The monoisotopic (exact) mass is 492 g/mol. The van der Waals surface area contributed by atoms with Gasteiger partial charge < -0.3 is 35.5 Å². The van der Waals surface area contributed by atoms with Gasteiger partial charge in [0.2, 0.25) is 0 Å². The molecule has 9 heteroatoms. The van der Waals surface area contributed by atoms with E-state index in [0.29, 0.717) is 29.4 Å². The molecule has 0 amide bonds. The Morgan fingerprint density at radius 1 is 1.11 bits per heavy atom. The van der Waals surface area contributed by atoms with Crippen LogP contribution in [0.5, 0.6) is 11.5 Å². The highest BCUT2D eigenvalue weighted by atomic mass is 19.1. The normalized spacial score (nSPS) is 14.3. The highest BCUT2D eigenvalue weighted by Gasteiger charge is 2.41. The number of methoxy groups -OCH3 is 2. The number of anilines is 5. The van der Waals surface area contributed by atoms with Crippen molar-refractivity contribution in [3.05, 3.63) is 65.0 Å². The molecule has 4 rings (SSSR count). The maximum absolute atomic E-state index is 15.9. The fourth-order valence-corrected chi connectivity index (χ4v) is 4.76. The lowest BCUT2D eigenvalue weighted by Gasteiger charge is -2.50. The summed E-state index contributed by atoms with van der Waals surface area (Å²) >= 11 is 0. The van der Waals surface area contributed by atoms with Crippen LogP contribution >= 0.6 is 0 Å². The van der Waals surface area contributed by atoms with Gasteiger partial charge in [0.05, 0.1) is 36.7 Å². The summed E-state index contributed by atoms with van der Waals surface area (Å²) in [6.07, 6.45) is 1.03. The van der Waals surface area contributed by atoms with E-state index in [1.807, 2.05) is 37.8 Å². The second kappa shape index (κ2) is 9.07. The van der Waals surface area contributed by atoms with E-state index in [1.165, 1.54) is 12.1 Å². The van der Waals surface area contributed by atoms with Gasteiger partial charge in [0.1, 0.15) is 17.2 Å². The van der Waals surface area contributed by atoms with Gasteiger partial charge in [-0.25, -0.2) is 9.18 Å². The van der Waals surface area contributed by atoms with E-state index in [-0.39, 0.29) is 22.5 Å². The standard InChI is InChI=1S/C27H29FN4O4/c1-15-21(35-4)11-19(12-22(15)36-5)32-20-10-17(13-29)24(30)23(28)25(20)31(14-27(32,2)3)18-8-6-16(7-9-18)26(33)34/h6-13,29H,14,30H2,1-5H3,(H,33,34). The van der Waals surface area contributed by atoms with E-state index in [4.69, 9.17) is 20.6 Å². The van der Waals surface area contributed by atoms with Crippen molar-refractivity contribution >= 4 is 40.6 Å². The van der Waals surface area contributed by atoms with Gasteiger partial charge in [0, 0.05) is 47.4 Å². The van der Waals surface area contributed by atoms with Crippen molar-refractivity contribution in [1.82, 2.24) is 0 Å². The Kier molecular flexibility index (Phi) is 6.26. The van der Waals surface area contributed by atoms with Crippen LogP contribution in [0.2, 0.25) is 0 Å². The van der Waals surface area contributed by atoms with E-state index in [9.17, 15) is 9.90 Å². The predicted octanol–water partition coefficient (Wildman–Crippen LogP) is 5.50. The van der Waals surface area contributed by atoms with Gasteiger partial charge in [-0.2, -0.15) is 0 Å². The third-order valence-corrected chi connectivity index (χ3v) is 6.53. The second-order valence-corrected chi connectivity index (χ2v) is 9.27. The summed E-state index contributed by atoms with van der Waals surface area (Å²) in [5, 5.41) is 17.1. The number of halogens is 1. The molecule has 3 aromatic carbocycles. The zero-order valence-corrected chi connectivity index (χ0v) is 20.8. The molecular formula is C27H29FN4O4. The smallest absolute Gasteiger partial charge is 0.335 e. The van der Waals surface area contributed by atoms with Crippen molar-refractivity contribution in [1.29, 1.82) is 5.41 Å². The first kappa shape index (κ1) is 24.8. The molecule has 4 N–H and O–H groups in total. The molecule has 0 fully saturated rings. The maximum atomic E-state index is 15.9. The third-order valence-electron chi connectivity index (χ3n) is 6.53. The molecule has 0 saturated carbocycles. The van der Waals surface area contributed by atoms with Gasteiger partial charge in [-0.05, 0) is 51.1 Å². The zero-order chi connectivity index (χ0) is 26.4. The van der Waals surface area contributed by atoms with E-state index < -0.39 is 17.3 Å². The average Bonchev–Trinajstić information content (AvgIpc) is 2.85. The summed E-state index contributed by atoms with van der Waals surface area (Å²) in [7, 11) is 3.16. The molecule has 0 unspecified atom stereocenters. The fourth-order valence-electron chi connectivity index (χ4n) is 4.76. The Bertz CT molecular complexity index is 1330. The highest BCUT2D eigenvalue weighted by Crippen LogP contribution is 2.51. The summed E-state index contributed by atoms with van der Waals surface area (Å²) in [5.74, 6) is -0.451. The topological polar surface area (TPSA) is 112 Å². The number of fused-ring (bicyclic) bond motifs is 1. The molecule has 0 aliphatic carbocycles. The second-order valence-electron chi connectivity index (χ2n) is 9.27. The van der Waals surface area contributed by atoms with Crippen molar-refractivity contribution < 1.29 is 23.8 Å². The van der Waals surface area contributed by atoms with E-state index in [1.54, 1.807) is 37.3 Å². The third kappa shape index (κ3) is 3.96. The van der Waals surface area contributed by atoms with Crippen molar-refractivity contribution in [3.63, 3.8) is 0 Å². The van der Waals surface area contributed by atoms with E-state index in [2.05, 4.69) is 0 Å². The number of rotatable bonds is 6. The molecule has 8 nitrogen and oxygen atoms in total. The van der Waals surface area contributed by atoms with Crippen LogP contribution in [0, 0.1) is 18.2 Å². The molecule has 0 atom stereocenters. The lowest BCUT2D eigenvalue weighted by Crippen LogP contribution is -2.53. The maximum Gasteiger partial charge on any atom is 0.335 e. The van der Waals surface area contributed by atoms with Crippen molar-refractivity contribution in [2.24, 2.45) is 0 Å². The molecule has 0 spiro atoms. The number of nitrogens with zero attached hydrogens (tertiary/aromatic N) is 2. The molecule has 0 aromatic heterocycles. The molecule has 1 heterocycles. The highest BCUT2D eigenvalue weighted by molar-refractivity contribution is 5.96. The Morgan fingerprint density at radius 2 is 1.69 bits per heavy atom. The summed E-state index contributed by atoms with van der Waals surface area (Å²) in [6.45, 7) is 6.29. The van der Waals surface area contributed by atoms with Crippen molar-refractivity contribution in [3.8, 4) is 11.5 Å². The average molecular weight is 493 g/mol. The largest absolute Gasteiger partial charge is 0.496 e. The minimum Gasteiger partial charge on any atom is -0.496 e. The van der Waals surface area contributed by atoms with Crippen LogP contribution in [0.4, 0.5) is 32.8 Å². The van der Waals surface area contributed by atoms with Crippen molar-refractivity contribution in [2.75, 3.05) is 36.3 Å². The number of ether oxygens (including phenoxy) is 2. The Hall–Kier alpha value is -4.27. The Morgan fingerprint density at radius 3 is 2.19 bits per heavy atom. The van der Waals surface area contributed by atoms with Crippen molar-refractivity contribution in [2.45, 2.75) is 26.3 Å². The van der Waals surface area contributed by atoms with Crippen LogP contribution in [0.25, 0.3) is 0 Å². The number of carboxylic acid groups (broad SMARTS) is 1.